The fourth-order valence-electron chi connectivity index (χ4n) is 3.40. The molecule has 6 nitrogen and oxygen atoms in total. The molecular formula is C20H18FN3O3. The number of piperazine rings is 1. The SMILES string of the molecule is N#Cc1c(F)cccc1N1CCN(C(=O)C2COc3ccccc3O2)CC1. The molecule has 2 heterocycles. The smallest absolute Gasteiger partial charge is 0.267 e. The first kappa shape index (κ1) is 17.2. The summed E-state index contributed by atoms with van der Waals surface area (Å²) in [5.41, 5.74) is 0.605. The van der Waals surface area contributed by atoms with Crippen molar-refractivity contribution in [1.82, 2.24) is 4.90 Å². The number of fused-ring (bicyclic) bond motifs is 1. The van der Waals surface area contributed by atoms with Crippen molar-refractivity contribution in [3.8, 4) is 17.6 Å². The zero-order valence-corrected chi connectivity index (χ0v) is 14.6. The zero-order valence-electron chi connectivity index (χ0n) is 14.6. The van der Waals surface area contributed by atoms with Crippen molar-refractivity contribution >= 4 is 11.6 Å². The van der Waals surface area contributed by atoms with Crippen molar-refractivity contribution in [2.24, 2.45) is 0 Å². The fourth-order valence-corrected chi connectivity index (χ4v) is 3.40. The molecule has 0 aliphatic carbocycles. The van der Waals surface area contributed by atoms with Crippen molar-refractivity contribution in [2.45, 2.75) is 6.10 Å². The van der Waals surface area contributed by atoms with Crippen LogP contribution in [-0.2, 0) is 4.79 Å². The molecule has 2 aromatic rings. The average Bonchev–Trinajstić information content (AvgIpc) is 2.73. The molecule has 4 rings (SSSR count). The molecule has 0 bridgehead atoms. The molecule has 1 amide bonds. The largest absolute Gasteiger partial charge is 0.485 e. The number of nitrogens with zero attached hydrogens (tertiary/aromatic N) is 3. The average molecular weight is 367 g/mol. The maximum atomic E-state index is 13.8. The van der Waals surface area contributed by atoms with Crippen LogP contribution in [0.2, 0.25) is 0 Å². The maximum Gasteiger partial charge on any atom is 0.267 e. The van der Waals surface area contributed by atoms with Gasteiger partial charge in [0, 0.05) is 26.2 Å². The van der Waals surface area contributed by atoms with Crippen molar-refractivity contribution < 1.29 is 18.7 Å². The molecule has 27 heavy (non-hydrogen) atoms. The van der Waals surface area contributed by atoms with Crippen LogP contribution in [0.1, 0.15) is 5.56 Å². The van der Waals surface area contributed by atoms with Crippen LogP contribution in [0.25, 0.3) is 0 Å². The number of hydrogen-bond acceptors (Lipinski definition) is 5. The normalized spacial score (nSPS) is 18.7. The van der Waals surface area contributed by atoms with E-state index in [0.29, 0.717) is 43.4 Å². The van der Waals surface area contributed by atoms with Crippen LogP contribution in [0, 0.1) is 17.1 Å². The molecular weight excluding hydrogens is 349 g/mol. The Morgan fingerprint density at radius 3 is 2.56 bits per heavy atom. The number of ether oxygens (including phenoxy) is 2. The van der Waals surface area contributed by atoms with Crippen LogP contribution in [0.15, 0.2) is 42.5 Å². The Labute approximate surface area is 156 Å². The minimum Gasteiger partial charge on any atom is -0.485 e. The summed E-state index contributed by atoms with van der Waals surface area (Å²) in [4.78, 5) is 16.4. The highest BCUT2D eigenvalue weighted by Gasteiger charge is 2.33. The molecule has 2 aliphatic rings. The van der Waals surface area contributed by atoms with Gasteiger partial charge in [0.15, 0.2) is 11.5 Å². The highest BCUT2D eigenvalue weighted by Crippen LogP contribution is 2.31. The van der Waals surface area contributed by atoms with Gasteiger partial charge in [-0.3, -0.25) is 4.79 Å². The third-order valence-electron chi connectivity index (χ3n) is 4.82. The monoisotopic (exact) mass is 367 g/mol. The number of amides is 1. The second kappa shape index (κ2) is 7.16. The van der Waals surface area contributed by atoms with Crippen LogP contribution in [-0.4, -0.2) is 49.7 Å². The third kappa shape index (κ3) is 3.26. The van der Waals surface area contributed by atoms with E-state index in [1.165, 1.54) is 6.07 Å². The summed E-state index contributed by atoms with van der Waals surface area (Å²) in [6.07, 6.45) is -0.671. The summed E-state index contributed by atoms with van der Waals surface area (Å²) in [5.74, 6) is 0.560. The van der Waals surface area contributed by atoms with E-state index < -0.39 is 11.9 Å². The van der Waals surface area contributed by atoms with E-state index >= 15 is 0 Å². The first-order valence-corrected chi connectivity index (χ1v) is 8.78. The summed E-state index contributed by atoms with van der Waals surface area (Å²) in [5, 5.41) is 9.21. The number of rotatable bonds is 2. The van der Waals surface area contributed by atoms with Gasteiger partial charge in [-0.25, -0.2) is 4.39 Å². The van der Waals surface area contributed by atoms with Crippen LogP contribution < -0.4 is 14.4 Å². The molecule has 1 unspecified atom stereocenters. The van der Waals surface area contributed by atoms with E-state index in [9.17, 15) is 14.4 Å². The summed E-state index contributed by atoms with van der Waals surface area (Å²) in [7, 11) is 0. The fraction of sp³-hybridized carbons (Fsp3) is 0.300. The summed E-state index contributed by atoms with van der Waals surface area (Å²) in [6.45, 7) is 2.17. The molecule has 0 radical (unpaired) electrons. The molecule has 0 N–H and O–H groups in total. The lowest BCUT2D eigenvalue weighted by Gasteiger charge is -2.38. The quantitative estimate of drug-likeness (QED) is 0.814. The van der Waals surface area contributed by atoms with Crippen LogP contribution in [0.3, 0.4) is 0 Å². The first-order valence-electron chi connectivity index (χ1n) is 8.78. The minimum atomic E-state index is -0.671. The first-order chi connectivity index (χ1) is 13.2. The lowest BCUT2D eigenvalue weighted by atomic mass is 10.1. The molecule has 0 spiro atoms. The molecule has 2 aromatic carbocycles. The number of halogens is 1. The molecule has 1 fully saturated rings. The van der Waals surface area contributed by atoms with Crippen molar-refractivity contribution in [3.05, 3.63) is 53.8 Å². The number of carbonyl (C=O) groups excluding carboxylic acids is 1. The van der Waals surface area contributed by atoms with Crippen molar-refractivity contribution in [3.63, 3.8) is 0 Å². The molecule has 2 aliphatic heterocycles. The van der Waals surface area contributed by atoms with Crippen molar-refractivity contribution in [1.29, 1.82) is 5.26 Å². The van der Waals surface area contributed by atoms with Gasteiger partial charge in [0.1, 0.15) is 24.1 Å². The van der Waals surface area contributed by atoms with E-state index in [-0.39, 0.29) is 18.1 Å². The Balaban J connectivity index is 1.41. The highest BCUT2D eigenvalue weighted by molar-refractivity contribution is 5.82. The standard InChI is InChI=1S/C20H18FN3O3/c21-15-4-3-5-16(14(15)12-22)23-8-10-24(11-9-23)20(25)19-13-26-17-6-1-2-7-18(17)27-19/h1-7,19H,8-11,13H2. The van der Waals surface area contributed by atoms with Crippen molar-refractivity contribution in [2.75, 3.05) is 37.7 Å². The van der Waals surface area contributed by atoms with Crippen LogP contribution >= 0.6 is 0 Å². The maximum absolute atomic E-state index is 13.8. The van der Waals surface area contributed by atoms with Crippen LogP contribution in [0.5, 0.6) is 11.5 Å². The topological polar surface area (TPSA) is 65.8 Å². The Bertz CT molecular complexity index is 904. The summed E-state index contributed by atoms with van der Waals surface area (Å²) < 4.78 is 25.2. The van der Waals surface area contributed by atoms with Gasteiger partial charge >= 0.3 is 0 Å². The Hall–Kier alpha value is -3.27. The molecule has 0 saturated carbocycles. The van der Waals surface area contributed by atoms with Gasteiger partial charge in [0.05, 0.1) is 5.69 Å². The number of anilines is 1. The molecule has 0 aromatic heterocycles. The van der Waals surface area contributed by atoms with Gasteiger partial charge in [-0.05, 0) is 24.3 Å². The van der Waals surface area contributed by atoms with Gasteiger partial charge in [-0.1, -0.05) is 18.2 Å². The number of para-hydroxylation sites is 2. The van der Waals surface area contributed by atoms with E-state index in [2.05, 4.69) is 0 Å². The van der Waals surface area contributed by atoms with E-state index in [1.807, 2.05) is 23.1 Å². The predicted octanol–water partition coefficient (Wildman–Crippen LogP) is 2.19. The number of hydrogen-bond donors (Lipinski definition) is 0. The molecule has 1 atom stereocenters. The van der Waals surface area contributed by atoms with Crippen LogP contribution in [0.4, 0.5) is 10.1 Å². The summed E-state index contributed by atoms with van der Waals surface area (Å²) in [6, 6.07) is 13.8. The molecule has 1 saturated heterocycles. The Morgan fingerprint density at radius 1 is 1.07 bits per heavy atom. The van der Waals surface area contributed by atoms with E-state index in [0.717, 1.165) is 0 Å². The predicted molar refractivity (Wildman–Crippen MR) is 96.3 cm³/mol. The van der Waals surface area contributed by atoms with Gasteiger partial charge < -0.3 is 19.3 Å². The number of benzene rings is 2. The molecule has 7 heteroatoms. The van der Waals surface area contributed by atoms with Gasteiger partial charge in [0.2, 0.25) is 6.10 Å². The van der Waals surface area contributed by atoms with Gasteiger partial charge in [-0.2, -0.15) is 5.26 Å². The van der Waals surface area contributed by atoms with E-state index in [4.69, 9.17) is 9.47 Å². The second-order valence-electron chi connectivity index (χ2n) is 6.42. The Morgan fingerprint density at radius 2 is 1.81 bits per heavy atom. The van der Waals surface area contributed by atoms with Gasteiger partial charge in [0.25, 0.3) is 5.91 Å². The Kier molecular flexibility index (Phi) is 4.55. The zero-order chi connectivity index (χ0) is 18.8. The lowest BCUT2D eigenvalue weighted by molar-refractivity contribution is -0.141. The van der Waals surface area contributed by atoms with Gasteiger partial charge in [-0.15, -0.1) is 0 Å². The second-order valence-corrected chi connectivity index (χ2v) is 6.42. The lowest BCUT2D eigenvalue weighted by Crippen LogP contribution is -2.54. The number of nitriles is 1. The molecule has 138 valence electrons. The minimum absolute atomic E-state index is 0.0397. The summed E-state index contributed by atoms with van der Waals surface area (Å²) >= 11 is 0. The highest BCUT2D eigenvalue weighted by atomic mass is 19.1. The van der Waals surface area contributed by atoms with E-state index in [1.54, 1.807) is 29.2 Å². The third-order valence-corrected chi connectivity index (χ3v) is 4.82. The number of carbonyl (C=O) groups is 1.